The van der Waals surface area contributed by atoms with Crippen LogP contribution in [0.3, 0.4) is 0 Å². The molecule has 0 radical (unpaired) electrons. The molecule has 2 atom stereocenters. The lowest BCUT2D eigenvalue weighted by molar-refractivity contribution is -0.138. The van der Waals surface area contributed by atoms with Crippen LogP contribution in [0.1, 0.15) is 20.3 Å². The first kappa shape index (κ1) is 18.4. The smallest absolute Gasteiger partial charge is 0.320 e. The summed E-state index contributed by atoms with van der Waals surface area (Å²) in [6.45, 7) is 3.11. The van der Waals surface area contributed by atoms with Crippen LogP contribution < -0.4 is 9.61 Å². The molecule has 0 aliphatic heterocycles. The number of aliphatic hydroxyl groups excluding tert-OH is 1. The number of nitrogens with one attached hydrogen (secondary N) is 1. The van der Waals surface area contributed by atoms with Crippen molar-refractivity contribution < 1.29 is 24.1 Å². The number of allylic oxidation sites excluding steroid dienone is 1. The summed E-state index contributed by atoms with van der Waals surface area (Å²) in [6, 6.07) is 7.63. The van der Waals surface area contributed by atoms with Gasteiger partial charge in [-0.05, 0) is 32.4 Å². The Balaban J connectivity index is 2.84. The summed E-state index contributed by atoms with van der Waals surface area (Å²) in [5.74, 6) is -0.683. The third-order valence-electron chi connectivity index (χ3n) is 2.92. The van der Waals surface area contributed by atoms with Crippen molar-refractivity contribution >= 4 is 13.5 Å². The normalized spacial score (nSPS) is 15.9. The second kappa shape index (κ2) is 8.73. The highest BCUT2D eigenvalue weighted by atomic mass is 31.2. The van der Waals surface area contributed by atoms with E-state index in [0.717, 1.165) is 5.57 Å². The number of aliphatic hydroxyl groups is 1. The van der Waals surface area contributed by atoms with Gasteiger partial charge in [-0.25, -0.2) is 5.09 Å². The van der Waals surface area contributed by atoms with E-state index in [1.807, 2.05) is 0 Å². The highest BCUT2D eigenvalue weighted by Crippen LogP contribution is 2.44. The van der Waals surface area contributed by atoms with E-state index in [-0.39, 0.29) is 12.8 Å². The van der Waals surface area contributed by atoms with Gasteiger partial charge in [0.2, 0.25) is 0 Å². The molecule has 0 spiro atoms. The Bertz CT molecular complexity index is 558. The average Bonchev–Trinajstić information content (AvgIpc) is 2.47. The fourth-order valence-corrected chi connectivity index (χ4v) is 3.59. The Morgan fingerprint density at radius 1 is 1.41 bits per heavy atom. The van der Waals surface area contributed by atoms with Gasteiger partial charge in [-0.1, -0.05) is 29.8 Å². The Morgan fingerprint density at radius 2 is 2.05 bits per heavy atom. The molecular weight excluding hydrogens is 305 g/mol. The van der Waals surface area contributed by atoms with Gasteiger partial charge < -0.3 is 14.7 Å². The molecule has 7 heteroatoms. The molecule has 0 saturated heterocycles. The fraction of sp³-hybridized carbons (Fsp3) is 0.400. The number of hydrogen-bond acceptors (Lipinski definition) is 4. The molecule has 1 unspecified atom stereocenters. The number of benzene rings is 1. The number of carboxylic acid groups (broad SMARTS) is 1. The number of para-hydroxylation sites is 1. The predicted molar refractivity (Wildman–Crippen MR) is 85.2 cm³/mol. The number of hydrogen-bond donors (Lipinski definition) is 3. The molecule has 6 nitrogen and oxygen atoms in total. The van der Waals surface area contributed by atoms with Crippen LogP contribution in [0.25, 0.3) is 0 Å². The molecule has 0 saturated carbocycles. The molecule has 0 bridgehead atoms. The van der Waals surface area contributed by atoms with Crippen LogP contribution >= 0.6 is 7.52 Å². The fourth-order valence-electron chi connectivity index (χ4n) is 1.68. The van der Waals surface area contributed by atoms with Gasteiger partial charge in [-0.15, -0.1) is 0 Å². The molecule has 0 amide bonds. The topological polar surface area (TPSA) is 95.9 Å². The Kier molecular flexibility index (Phi) is 7.32. The first-order chi connectivity index (χ1) is 10.4. The van der Waals surface area contributed by atoms with E-state index in [9.17, 15) is 9.36 Å². The second-order valence-corrected chi connectivity index (χ2v) is 7.22. The maximum atomic E-state index is 12.9. The lowest BCUT2D eigenvalue weighted by atomic mass is 10.3. The predicted octanol–water partition coefficient (Wildman–Crippen LogP) is 2.65. The Morgan fingerprint density at radius 3 is 2.59 bits per heavy atom. The van der Waals surface area contributed by atoms with Crippen molar-refractivity contribution in [3.63, 3.8) is 0 Å². The maximum Gasteiger partial charge on any atom is 0.320 e. The summed E-state index contributed by atoms with van der Waals surface area (Å²) in [4.78, 5) is 11.0. The molecule has 1 aromatic rings. The molecule has 1 rings (SSSR count). The van der Waals surface area contributed by atoms with Crippen molar-refractivity contribution in [1.82, 2.24) is 5.09 Å². The second-order valence-electron chi connectivity index (χ2n) is 4.99. The van der Waals surface area contributed by atoms with Gasteiger partial charge in [0, 0.05) is 0 Å². The van der Waals surface area contributed by atoms with Crippen molar-refractivity contribution in [1.29, 1.82) is 0 Å². The first-order valence-corrected chi connectivity index (χ1v) is 8.78. The van der Waals surface area contributed by atoms with Crippen LogP contribution in [0, 0.1) is 0 Å². The molecule has 122 valence electrons. The van der Waals surface area contributed by atoms with Crippen LogP contribution in [0.5, 0.6) is 5.75 Å². The summed E-state index contributed by atoms with van der Waals surface area (Å²) >= 11 is 0. The quantitative estimate of drug-likeness (QED) is 0.477. The van der Waals surface area contributed by atoms with E-state index in [4.69, 9.17) is 14.7 Å². The molecule has 0 aromatic heterocycles. The molecule has 22 heavy (non-hydrogen) atoms. The number of aliphatic carboxylic acids is 1. The Hall–Kier alpha value is -1.62. The van der Waals surface area contributed by atoms with Gasteiger partial charge in [0.25, 0.3) is 0 Å². The van der Waals surface area contributed by atoms with E-state index in [1.165, 1.54) is 6.92 Å². The standard InChI is InChI=1S/C15H22NO5P/c1-12(11-17)7-6-10-22(20,16-13(2)15(18)19)21-14-8-4-3-5-9-14/h3-5,7-9,13,17H,6,10-11H2,1-2H3,(H,16,20)(H,18,19)/b12-7+/t13-,22?/m0/s1. The van der Waals surface area contributed by atoms with Crippen molar-refractivity contribution in [3.8, 4) is 5.75 Å². The maximum absolute atomic E-state index is 12.9. The highest BCUT2D eigenvalue weighted by Gasteiger charge is 2.28. The molecule has 0 heterocycles. The monoisotopic (exact) mass is 327 g/mol. The van der Waals surface area contributed by atoms with Crippen molar-refractivity contribution in [2.75, 3.05) is 12.8 Å². The van der Waals surface area contributed by atoms with E-state index in [2.05, 4.69) is 5.09 Å². The van der Waals surface area contributed by atoms with E-state index >= 15 is 0 Å². The number of carbonyl (C=O) groups is 1. The van der Waals surface area contributed by atoms with E-state index in [1.54, 1.807) is 43.3 Å². The van der Waals surface area contributed by atoms with Gasteiger partial charge in [0.1, 0.15) is 11.8 Å². The van der Waals surface area contributed by atoms with E-state index < -0.39 is 19.5 Å². The summed E-state index contributed by atoms with van der Waals surface area (Å²) < 4.78 is 18.4. The third kappa shape index (κ3) is 6.43. The zero-order chi connectivity index (χ0) is 16.6. The molecule has 0 aliphatic rings. The lowest BCUT2D eigenvalue weighted by Gasteiger charge is -2.22. The van der Waals surface area contributed by atoms with Crippen LogP contribution in [0.15, 0.2) is 42.0 Å². The minimum Gasteiger partial charge on any atom is -0.480 e. The lowest BCUT2D eigenvalue weighted by Crippen LogP contribution is -2.33. The number of carboxylic acids is 1. The van der Waals surface area contributed by atoms with Gasteiger partial charge in [0.05, 0.1) is 12.8 Å². The zero-order valence-corrected chi connectivity index (χ0v) is 13.6. The highest BCUT2D eigenvalue weighted by molar-refractivity contribution is 7.57. The Labute approximate surface area is 130 Å². The summed E-state index contributed by atoms with van der Waals surface area (Å²) in [5, 5.41) is 20.5. The minimum absolute atomic E-state index is 0.0667. The molecule has 0 fully saturated rings. The van der Waals surface area contributed by atoms with Crippen molar-refractivity contribution in [3.05, 3.63) is 42.0 Å². The average molecular weight is 327 g/mol. The summed E-state index contributed by atoms with van der Waals surface area (Å²) in [5.41, 5.74) is 0.762. The summed E-state index contributed by atoms with van der Waals surface area (Å²) in [7, 11) is -3.38. The molecule has 1 aromatic carbocycles. The van der Waals surface area contributed by atoms with Gasteiger partial charge in [-0.3, -0.25) is 9.36 Å². The number of rotatable bonds is 9. The van der Waals surface area contributed by atoms with Crippen LogP contribution in [0.4, 0.5) is 0 Å². The SMILES string of the molecule is C/C(=C\CCP(=O)(N[C@@H](C)C(=O)O)Oc1ccccc1)CO. The molecular formula is C15H22NO5P. The van der Waals surface area contributed by atoms with Crippen LogP contribution in [-0.4, -0.2) is 35.0 Å². The van der Waals surface area contributed by atoms with Crippen molar-refractivity contribution in [2.24, 2.45) is 0 Å². The largest absolute Gasteiger partial charge is 0.480 e. The third-order valence-corrected chi connectivity index (χ3v) is 5.06. The minimum atomic E-state index is -3.38. The van der Waals surface area contributed by atoms with Gasteiger partial charge >= 0.3 is 13.5 Å². The molecule has 0 aliphatic carbocycles. The first-order valence-electron chi connectivity index (χ1n) is 6.97. The zero-order valence-electron chi connectivity index (χ0n) is 12.7. The van der Waals surface area contributed by atoms with Crippen molar-refractivity contribution in [2.45, 2.75) is 26.3 Å². The van der Waals surface area contributed by atoms with Gasteiger partial charge in [-0.2, -0.15) is 0 Å². The van der Waals surface area contributed by atoms with Gasteiger partial charge in [0.15, 0.2) is 0 Å². The van der Waals surface area contributed by atoms with Crippen LogP contribution in [0.2, 0.25) is 0 Å². The van der Waals surface area contributed by atoms with E-state index in [0.29, 0.717) is 12.2 Å². The van der Waals surface area contributed by atoms with Crippen LogP contribution in [-0.2, 0) is 9.36 Å². The summed E-state index contributed by atoms with van der Waals surface area (Å²) in [6.07, 6.45) is 2.31. The molecule has 3 N–H and O–H groups in total.